The second-order valence-corrected chi connectivity index (χ2v) is 15.3. The van der Waals surface area contributed by atoms with E-state index in [1.807, 2.05) is 6.07 Å². The van der Waals surface area contributed by atoms with Gasteiger partial charge in [-0.3, -0.25) is 0 Å². The quantitative estimate of drug-likeness (QED) is 0.169. The van der Waals surface area contributed by atoms with Crippen LogP contribution >= 0.6 is 0 Å². The molecule has 0 bridgehead atoms. The zero-order valence-corrected chi connectivity index (χ0v) is 32.1. The number of fused-ring (bicyclic) bond motifs is 9. The van der Waals surface area contributed by atoms with E-state index >= 15 is 0 Å². The van der Waals surface area contributed by atoms with Crippen molar-refractivity contribution in [3.63, 3.8) is 0 Å². The predicted molar refractivity (Wildman–Crippen MR) is 249 cm³/mol. The highest BCUT2D eigenvalue weighted by molar-refractivity contribution is 6.24. The SMILES string of the molecule is c1ccc(N(c2ccc(-c3ccc4ccccc4c3)cc2)c2ccc(-c3ccc(-n4c5ccccc5c5c6oc7ccccc7c6ccc54)c4ccccc34)cc2)cc1. The van der Waals surface area contributed by atoms with Gasteiger partial charge in [-0.05, 0) is 111 Å². The van der Waals surface area contributed by atoms with Gasteiger partial charge in [0.25, 0.3) is 0 Å². The molecule has 0 fully saturated rings. The lowest BCUT2D eigenvalue weighted by Crippen LogP contribution is -2.09. The number of hydrogen-bond donors (Lipinski definition) is 0. The number of rotatable bonds is 6. The van der Waals surface area contributed by atoms with Crippen LogP contribution in [-0.2, 0) is 0 Å². The van der Waals surface area contributed by atoms with Crippen LogP contribution in [0.25, 0.3) is 93.2 Å². The van der Waals surface area contributed by atoms with Gasteiger partial charge in [0.05, 0.1) is 22.1 Å². The van der Waals surface area contributed by atoms with Crippen LogP contribution in [0.2, 0.25) is 0 Å². The Morgan fingerprint density at radius 1 is 0.356 bits per heavy atom. The summed E-state index contributed by atoms with van der Waals surface area (Å²) < 4.78 is 9.00. The van der Waals surface area contributed by atoms with E-state index in [-0.39, 0.29) is 0 Å². The van der Waals surface area contributed by atoms with Gasteiger partial charge in [-0.1, -0.05) is 146 Å². The van der Waals surface area contributed by atoms with Crippen LogP contribution < -0.4 is 4.90 Å². The number of furan rings is 1. The maximum atomic E-state index is 6.59. The third-order valence-corrected chi connectivity index (χ3v) is 12.0. The lowest BCUT2D eigenvalue weighted by molar-refractivity contribution is 0.673. The summed E-state index contributed by atoms with van der Waals surface area (Å²) >= 11 is 0. The van der Waals surface area contributed by atoms with E-state index in [4.69, 9.17) is 4.42 Å². The van der Waals surface area contributed by atoms with E-state index in [1.54, 1.807) is 0 Å². The molecule has 0 aliphatic heterocycles. The van der Waals surface area contributed by atoms with E-state index in [9.17, 15) is 0 Å². The highest BCUT2D eigenvalue weighted by Gasteiger charge is 2.20. The molecule has 0 radical (unpaired) electrons. The van der Waals surface area contributed by atoms with Crippen molar-refractivity contribution < 1.29 is 4.42 Å². The molecule has 2 heterocycles. The average molecular weight is 753 g/mol. The standard InChI is InChI=1S/C56H36N2O/c1-2-14-42(15-3-1)57(43-28-24-38(25-29-43)41-23-22-37-12-4-5-13-40(37)36-41)44-30-26-39(27-31-44)45-32-34-52(47-17-7-6-16-46(45)47)58-51-20-10-8-19-50(51)55-53(58)35-33-49-48-18-9-11-21-54(48)59-56(49)55/h1-36H. The topological polar surface area (TPSA) is 21.3 Å². The molecule has 0 N–H and O–H groups in total. The Bertz CT molecular complexity index is 3540. The first-order valence-electron chi connectivity index (χ1n) is 20.2. The molecule has 59 heavy (non-hydrogen) atoms. The Morgan fingerprint density at radius 3 is 1.76 bits per heavy atom. The lowest BCUT2D eigenvalue weighted by Gasteiger charge is -2.26. The molecule has 2 aromatic heterocycles. The van der Waals surface area contributed by atoms with Crippen LogP contribution in [-0.4, -0.2) is 4.57 Å². The smallest absolute Gasteiger partial charge is 0.145 e. The molecule has 12 rings (SSSR count). The summed E-state index contributed by atoms with van der Waals surface area (Å²) in [6.45, 7) is 0. The molecule has 0 aliphatic carbocycles. The summed E-state index contributed by atoms with van der Waals surface area (Å²) in [6, 6.07) is 78.6. The van der Waals surface area contributed by atoms with E-state index < -0.39 is 0 Å². The van der Waals surface area contributed by atoms with Gasteiger partial charge >= 0.3 is 0 Å². The molecule has 0 amide bonds. The number of aromatic nitrogens is 1. The molecular weight excluding hydrogens is 717 g/mol. The van der Waals surface area contributed by atoms with Crippen molar-refractivity contribution in [2.24, 2.45) is 0 Å². The summed E-state index contributed by atoms with van der Waals surface area (Å²) in [5.74, 6) is 0. The second-order valence-electron chi connectivity index (χ2n) is 15.3. The van der Waals surface area contributed by atoms with Crippen LogP contribution in [0.5, 0.6) is 0 Å². The van der Waals surface area contributed by atoms with E-state index in [0.717, 1.165) is 61.1 Å². The summed E-state index contributed by atoms with van der Waals surface area (Å²) in [6.07, 6.45) is 0. The molecule has 0 unspecified atom stereocenters. The van der Waals surface area contributed by atoms with Crippen LogP contribution in [0.1, 0.15) is 0 Å². The van der Waals surface area contributed by atoms with E-state index in [1.165, 1.54) is 49.2 Å². The summed E-state index contributed by atoms with van der Waals surface area (Å²) in [5, 5.41) is 9.51. The Balaban J connectivity index is 0.947. The highest BCUT2D eigenvalue weighted by Crippen LogP contribution is 2.43. The van der Waals surface area contributed by atoms with E-state index in [0.29, 0.717) is 0 Å². The lowest BCUT2D eigenvalue weighted by atomic mass is 9.96. The molecule has 0 spiro atoms. The normalized spacial score (nSPS) is 11.7. The Kier molecular flexibility index (Phi) is 7.54. The highest BCUT2D eigenvalue weighted by atomic mass is 16.3. The molecular formula is C56H36N2O. The van der Waals surface area contributed by atoms with Crippen LogP contribution in [0.4, 0.5) is 17.1 Å². The summed E-state index contributed by atoms with van der Waals surface area (Å²) in [7, 11) is 0. The van der Waals surface area contributed by atoms with Gasteiger partial charge in [0, 0.05) is 38.6 Å². The van der Waals surface area contributed by atoms with Crippen molar-refractivity contribution >= 4 is 82.4 Å². The van der Waals surface area contributed by atoms with Gasteiger partial charge in [-0.2, -0.15) is 0 Å². The second kappa shape index (κ2) is 13.4. The molecule has 0 aliphatic rings. The number of anilines is 3. The monoisotopic (exact) mass is 752 g/mol. The predicted octanol–water partition coefficient (Wildman–Crippen LogP) is 15.8. The first-order valence-corrected chi connectivity index (χ1v) is 20.2. The van der Waals surface area contributed by atoms with Crippen molar-refractivity contribution in [1.29, 1.82) is 0 Å². The Labute approximate surface area is 341 Å². The third-order valence-electron chi connectivity index (χ3n) is 12.0. The summed E-state index contributed by atoms with van der Waals surface area (Å²) in [4.78, 5) is 2.33. The van der Waals surface area contributed by atoms with Gasteiger partial charge < -0.3 is 13.9 Å². The minimum atomic E-state index is 0.912. The Hall–Kier alpha value is -7.88. The first kappa shape index (κ1) is 33.3. The number of benzene rings is 10. The third kappa shape index (κ3) is 5.36. The molecule has 12 aromatic rings. The average Bonchev–Trinajstić information content (AvgIpc) is 3.85. The van der Waals surface area contributed by atoms with Gasteiger partial charge in [-0.15, -0.1) is 0 Å². The summed E-state index contributed by atoms with van der Waals surface area (Å²) in [5.41, 5.74) is 13.4. The van der Waals surface area contributed by atoms with Crippen molar-refractivity contribution in [2.75, 3.05) is 4.90 Å². The molecule has 276 valence electrons. The Morgan fingerprint density at radius 2 is 0.966 bits per heavy atom. The maximum Gasteiger partial charge on any atom is 0.145 e. The number of hydrogen-bond acceptors (Lipinski definition) is 2. The zero-order chi connectivity index (χ0) is 38.9. The molecule has 3 nitrogen and oxygen atoms in total. The largest absolute Gasteiger partial charge is 0.455 e. The van der Waals surface area contributed by atoms with Gasteiger partial charge in [0.15, 0.2) is 0 Å². The number of para-hydroxylation sites is 3. The minimum absolute atomic E-state index is 0.912. The fourth-order valence-electron chi connectivity index (χ4n) is 9.21. The van der Waals surface area contributed by atoms with Gasteiger partial charge in [0.1, 0.15) is 11.2 Å². The molecule has 0 saturated carbocycles. The molecule has 0 saturated heterocycles. The van der Waals surface area contributed by atoms with Crippen LogP contribution in [0.3, 0.4) is 0 Å². The van der Waals surface area contributed by atoms with Crippen molar-refractivity contribution in [2.45, 2.75) is 0 Å². The minimum Gasteiger partial charge on any atom is -0.455 e. The molecule has 3 heteroatoms. The van der Waals surface area contributed by atoms with E-state index in [2.05, 4.69) is 222 Å². The number of nitrogens with zero attached hydrogens (tertiary/aromatic N) is 2. The van der Waals surface area contributed by atoms with Crippen LogP contribution in [0, 0.1) is 0 Å². The maximum absolute atomic E-state index is 6.59. The van der Waals surface area contributed by atoms with Crippen molar-refractivity contribution in [3.05, 3.63) is 218 Å². The van der Waals surface area contributed by atoms with Crippen molar-refractivity contribution in [3.8, 4) is 27.9 Å². The van der Waals surface area contributed by atoms with Gasteiger partial charge in [0.2, 0.25) is 0 Å². The molecule has 10 aromatic carbocycles. The zero-order valence-electron chi connectivity index (χ0n) is 32.1. The first-order chi connectivity index (χ1) is 29.3. The molecule has 0 atom stereocenters. The van der Waals surface area contributed by atoms with Crippen LogP contribution in [0.15, 0.2) is 223 Å². The van der Waals surface area contributed by atoms with Crippen molar-refractivity contribution in [1.82, 2.24) is 4.57 Å². The fourth-order valence-corrected chi connectivity index (χ4v) is 9.21. The van der Waals surface area contributed by atoms with Gasteiger partial charge in [-0.25, -0.2) is 0 Å². The fraction of sp³-hybridized carbons (Fsp3) is 0.